The molecule has 5 N–H and O–H groups in total. The number of anilines is 3. The molecular formula is C56H85N6O6+. The van der Waals surface area contributed by atoms with E-state index >= 15 is 0 Å². The molecule has 0 bridgehead atoms. The van der Waals surface area contributed by atoms with Gasteiger partial charge in [-0.25, -0.2) is 4.58 Å². The average molecular weight is 938 g/mol. The maximum Gasteiger partial charge on any atom is 0.224 e. The molecule has 4 unspecified atom stereocenters. The van der Waals surface area contributed by atoms with Crippen LogP contribution in [-0.4, -0.2) is 71.8 Å². The van der Waals surface area contributed by atoms with Crippen LogP contribution in [0.5, 0.6) is 0 Å². The first-order valence-corrected chi connectivity index (χ1v) is 26.0. The number of benzene rings is 2. The van der Waals surface area contributed by atoms with E-state index in [0.29, 0.717) is 47.1 Å². The minimum absolute atomic E-state index is 0.0162. The van der Waals surface area contributed by atoms with Gasteiger partial charge < -0.3 is 31.3 Å². The number of nitrogens with one attached hydrogen (secondary N) is 4. The van der Waals surface area contributed by atoms with Gasteiger partial charge in [0.25, 0.3) is 0 Å². The molecule has 2 aromatic rings. The van der Waals surface area contributed by atoms with Crippen molar-refractivity contribution in [1.29, 1.82) is 0 Å². The Hall–Kier alpha value is -5.00. The van der Waals surface area contributed by atoms with E-state index in [1.54, 1.807) is 0 Å². The molecule has 2 aliphatic heterocycles. The minimum Gasteiger partial charge on any atom is -0.506 e. The number of carbonyl (C=O) groups is 5. The summed E-state index contributed by atoms with van der Waals surface area (Å²) in [6.07, 6.45) is 8.38. The lowest BCUT2D eigenvalue weighted by Crippen LogP contribution is -2.42. The topological polar surface area (TPSA) is 160 Å². The quantitative estimate of drug-likeness (QED) is 0.0696. The summed E-state index contributed by atoms with van der Waals surface area (Å²) in [5.74, 6) is -0.964. The number of ketones is 1. The second kappa shape index (κ2) is 22.6. The van der Waals surface area contributed by atoms with Gasteiger partial charge in [0, 0.05) is 84.4 Å². The first-order valence-electron chi connectivity index (χ1n) is 26.0. The van der Waals surface area contributed by atoms with Crippen LogP contribution in [0.3, 0.4) is 0 Å². The van der Waals surface area contributed by atoms with Crippen molar-refractivity contribution in [2.45, 2.75) is 209 Å². The number of unbranched alkanes of at least 4 members (excludes halogenated alkanes) is 2. The zero-order valence-electron chi connectivity index (χ0n) is 44.1. The van der Waals surface area contributed by atoms with E-state index in [1.165, 1.54) is 0 Å². The first-order chi connectivity index (χ1) is 32.0. The summed E-state index contributed by atoms with van der Waals surface area (Å²) < 4.78 is 2.32. The van der Waals surface area contributed by atoms with E-state index in [0.717, 1.165) is 73.5 Å². The predicted octanol–water partition coefficient (Wildman–Crippen LogP) is 8.97. The van der Waals surface area contributed by atoms with Gasteiger partial charge in [-0.3, -0.25) is 24.0 Å². The summed E-state index contributed by atoms with van der Waals surface area (Å²) in [6, 6.07) is 8.14. The number of fused-ring (bicyclic) bond motifs is 2. The summed E-state index contributed by atoms with van der Waals surface area (Å²) in [6.45, 7) is 31.3. The molecule has 68 heavy (non-hydrogen) atoms. The van der Waals surface area contributed by atoms with Gasteiger partial charge in [-0.1, -0.05) is 80.1 Å². The van der Waals surface area contributed by atoms with E-state index in [1.807, 2.05) is 24.3 Å². The zero-order chi connectivity index (χ0) is 50.4. The number of rotatable bonds is 23. The van der Waals surface area contributed by atoms with Crippen LogP contribution in [0, 0.1) is 11.8 Å². The molecular weight excluding hydrogens is 853 g/mol. The summed E-state index contributed by atoms with van der Waals surface area (Å²) in [5, 5.41) is 25.8. The van der Waals surface area contributed by atoms with Gasteiger partial charge in [0.15, 0.2) is 6.04 Å². The Morgan fingerprint density at radius 1 is 0.691 bits per heavy atom. The van der Waals surface area contributed by atoms with Crippen molar-refractivity contribution < 1.29 is 29.1 Å². The lowest BCUT2D eigenvalue weighted by atomic mass is 9.76. The Balaban J connectivity index is 1.56. The highest BCUT2D eigenvalue weighted by atomic mass is 16.3. The van der Waals surface area contributed by atoms with Crippen LogP contribution in [-0.2, 0) is 34.8 Å². The number of Topliss-reactive ketones (excluding diaryl/α,β-unsaturated/α-hetero) is 1. The Kier molecular flexibility index (Phi) is 17.9. The van der Waals surface area contributed by atoms with Crippen LogP contribution in [0.1, 0.15) is 191 Å². The van der Waals surface area contributed by atoms with Crippen molar-refractivity contribution >= 4 is 57.6 Å². The van der Waals surface area contributed by atoms with Gasteiger partial charge >= 0.3 is 0 Å². The third-order valence-electron chi connectivity index (χ3n) is 15.7. The number of aliphatic hydroxyl groups is 1. The van der Waals surface area contributed by atoms with Crippen molar-refractivity contribution in [3.63, 3.8) is 0 Å². The van der Waals surface area contributed by atoms with Crippen molar-refractivity contribution in [3.8, 4) is 0 Å². The summed E-state index contributed by atoms with van der Waals surface area (Å²) in [7, 11) is 0. The maximum absolute atomic E-state index is 14.9. The fraction of sp³-hybridized carbons (Fsp3) is 0.643. The van der Waals surface area contributed by atoms with E-state index in [9.17, 15) is 29.1 Å². The molecule has 4 amide bonds. The van der Waals surface area contributed by atoms with E-state index in [-0.39, 0.29) is 101 Å². The maximum atomic E-state index is 14.9. The van der Waals surface area contributed by atoms with Gasteiger partial charge in [0.05, 0.1) is 27.9 Å². The van der Waals surface area contributed by atoms with Crippen molar-refractivity contribution in [1.82, 2.24) is 15.2 Å². The normalized spacial score (nSPS) is 19.7. The van der Waals surface area contributed by atoms with Crippen molar-refractivity contribution in [3.05, 3.63) is 57.3 Å². The molecule has 12 heteroatoms. The highest BCUT2D eigenvalue weighted by molar-refractivity contribution is 6.52. The Morgan fingerprint density at radius 3 is 1.68 bits per heavy atom. The molecule has 0 fully saturated rings. The number of aliphatic hydroxyl groups excluding tert-OH is 1. The predicted molar refractivity (Wildman–Crippen MR) is 277 cm³/mol. The Labute approximate surface area is 407 Å². The largest absolute Gasteiger partial charge is 0.506 e. The molecule has 0 aromatic heterocycles. The van der Waals surface area contributed by atoms with Crippen molar-refractivity contribution in [2.24, 2.45) is 11.8 Å². The number of hydrogen-bond acceptors (Lipinski definition) is 7. The minimum atomic E-state index is -0.414. The lowest BCUT2D eigenvalue weighted by Gasteiger charge is -2.34. The van der Waals surface area contributed by atoms with E-state index in [2.05, 4.69) is 128 Å². The molecule has 374 valence electrons. The third kappa shape index (κ3) is 11.4. The highest BCUT2D eigenvalue weighted by Gasteiger charge is 2.48. The number of nitrogens with zero attached hydrogens (tertiary/aromatic N) is 2. The first kappa shape index (κ1) is 53.9. The number of hydrogen-bond donors (Lipinski definition) is 5. The molecule has 12 nitrogen and oxygen atoms in total. The molecule has 3 aliphatic rings. The van der Waals surface area contributed by atoms with E-state index < -0.39 is 5.78 Å². The molecule has 5 rings (SSSR count). The number of allylic oxidation sites excluding steroid dienone is 2. The third-order valence-corrected chi connectivity index (χ3v) is 15.7. The van der Waals surface area contributed by atoms with E-state index in [4.69, 9.17) is 0 Å². The molecule has 0 saturated carbocycles. The van der Waals surface area contributed by atoms with Crippen LogP contribution < -0.4 is 41.3 Å². The standard InChI is InChI=1S/C56H84N6O6/c1-15-19-21-37(17-3)31-57-47(63)23-25-49(65)59-43-29-45-41(55(11,12)35(9)61(45)33(5)6)27-39(43)51-53(67)52(54(51)68)40-28-42-46(62(34(7)8)36(10)56(42,13)14)30-44(40)60-50(66)26-24-48(64)58-32-38(18-4)22-20-16-2/h27-30,33-38H,15-26,31-32H2,1-14H3,(H4,57,58,59,60,63,64,65,66,67,68)/p+1. The van der Waals surface area contributed by atoms with Gasteiger partial charge in [-0.2, -0.15) is 0 Å². The SMILES string of the molecule is CCCCC(CC)CNC(=O)CCC(=O)Nc1cc2c(cc1C1=C(O)/C(=c3/cc4c(cc3NC(=O)CCC(=O)NCC(CC)CCCC)=[N+](C(C)C)C(C)C4(C)C)C1=O)C(C)(C)C(C)N2C(C)C. The van der Waals surface area contributed by atoms with Crippen LogP contribution in [0.25, 0.3) is 11.1 Å². The molecule has 0 spiro atoms. The molecule has 2 aromatic carbocycles. The average Bonchev–Trinajstić information content (AvgIpc) is 3.60. The number of carbonyl (C=O) groups excluding carboxylic acids is 5. The van der Waals surface area contributed by atoms with Gasteiger partial charge in [-0.05, 0) is 104 Å². The molecule has 4 atom stereocenters. The fourth-order valence-corrected chi connectivity index (χ4v) is 10.6. The monoisotopic (exact) mass is 938 g/mol. The van der Waals surface area contributed by atoms with Crippen LogP contribution >= 0.6 is 0 Å². The smallest absolute Gasteiger partial charge is 0.224 e. The fourth-order valence-electron chi connectivity index (χ4n) is 10.6. The van der Waals surface area contributed by atoms with Crippen LogP contribution in [0.4, 0.5) is 17.1 Å². The second-order valence-electron chi connectivity index (χ2n) is 21.6. The van der Waals surface area contributed by atoms with Gasteiger partial charge in [0.2, 0.25) is 34.8 Å². The second-order valence-corrected chi connectivity index (χ2v) is 21.6. The summed E-state index contributed by atoms with van der Waals surface area (Å²) in [5.41, 5.74) is 3.55. The molecule has 2 heterocycles. The van der Waals surface area contributed by atoms with Gasteiger partial charge in [0.1, 0.15) is 11.8 Å². The lowest BCUT2D eigenvalue weighted by molar-refractivity contribution is -0.124. The van der Waals surface area contributed by atoms with Crippen LogP contribution in [0.2, 0.25) is 0 Å². The highest BCUT2D eigenvalue weighted by Crippen LogP contribution is 2.51. The zero-order valence-corrected chi connectivity index (χ0v) is 44.1. The molecule has 0 radical (unpaired) electrons. The molecule has 1 aliphatic carbocycles. The molecule has 0 saturated heterocycles. The number of amides is 4. The Morgan fingerprint density at radius 2 is 1.21 bits per heavy atom. The Bertz CT molecular complexity index is 2390. The summed E-state index contributed by atoms with van der Waals surface area (Å²) in [4.78, 5) is 70.7. The summed E-state index contributed by atoms with van der Waals surface area (Å²) >= 11 is 0. The van der Waals surface area contributed by atoms with Crippen molar-refractivity contribution in [2.75, 3.05) is 28.6 Å². The van der Waals surface area contributed by atoms with Crippen LogP contribution in [0.15, 0.2) is 30.0 Å². The van der Waals surface area contributed by atoms with Gasteiger partial charge in [-0.15, -0.1) is 0 Å².